The van der Waals surface area contributed by atoms with Gasteiger partial charge in [0.2, 0.25) is 0 Å². The van der Waals surface area contributed by atoms with E-state index in [1.807, 2.05) is 0 Å². The number of esters is 2. The average molecular weight is 567 g/mol. The summed E-state index contributed by atoms with van der Waals surface area (Å²) in [5.74, 6) is -0.597. The highest BCUT2D eigenvalue weighted by Gasteiger charge is 2.16. The molecule has 0 bridgehead atoms. The van der Waals surface area contributed by atoms with Crippen LogP contribution in [0.1, 0.15) is 181 Å². The highest BCUT2D eigenvalue weighted by molar-refractivity contribution is 5.70. The van der Waals surface area contributed by atoms with Gasteiger partial charge in [0.15, 0.2) is 6.10 Å². The molecule has 0 spiro atoms. The summed E-state index contributed by atoms with van der Waals surface area (Å²) in [6, 6.07) is 0. The number of hydrogen-bond donors (Lipinski definition) is 1. The number of aliphatic hydroxyl groups excluding tert-OH is 1. The summed E-state index contributed by atoms with van der Waals surface area (Å²) in [7, 11) is 0. The first kappa shape index (κ1) is 38.6. The van der Waals surface area contributed by atoms with Crippen molar-refractivity contribution in [2.75, 3.05) is 13.2 Å². The summed E-state index contributed by atoms with van der Waals surface area (Å²) in [5.41, 5.74) is 0. The molecule has 0 saturated carbocycles. The molecular weight excluding hydrogens is 500 g/mol. The SMILES string of the molecule is CCCCCCCC/C=C\CCCCCCCC(=O)OC[C@H](CO)OC(=O)CCCCCCCCCCCCC. The fraction of sp³-hybridized carbons (Fsp3) is 0.886. The zero-order chi connectivity index (χ0) is 29.4. The summed E-state index contributed by atoms with van der Waals surface area (Å²) in [6.45, 7) is 4.11. The molecule has 236 valence electrons. The van der Waals surface area contributed by atoms with Gasteiger partial charge in [-0.3, -0.25) is 9.59 Å². The molecule has 0 rings (SSSR count). The molecule has 0 unspecified atom stereocenters. The second kappa shape index (κ2) is 32.2. The van der Waals surface area contributed by atoms with Gasteiger partial charge in [0, 0.05) is 12.8 Å². The van der Waals surface area contributed by atoms with Crippen molar-refractivity contribution in [1.29, 1.82) is 0 Å². The van der Waals surface area contributed by atoms with Crippen LogP contribution < -0.4 is 0 Å². The van der Waals surface area contributed by atoms with Crippen molar-refractivity contribution in [2.24, 2.45) is 0 Å². The number of allylic oxidation sites excluding steroid dienone is 2. The van der Waals surface area contributed by atoms with Crippen molar-refractivity contribution in [3.63, 3.8) is 0 Å². The Morgan fingerprint density at radius 2 is 0.925 bits per heavy atom. The Labute approximate surface area is 248 Å². The Balaban J connectivity index is 3.57. The first-order valence-corrected chi connectivity index (χ1v) is 17.2. The molecule has 0 saturated heterocycles. The normalized spacial score (nSPS) is 12.2. The van der Waals surface area contributed by atoms with Crippen LogP contribution in [0.4, 0.5) is 0 Å². The minimum absolute atomic E-state index is 0.0651. The summed E-state index contributed by atoms with van der Waals surface area (Å²) in [6.07, 6.45) is 34.0. The van der Waals surface area contributed by atoms with Gasteiger partial charge < -0.3 is 14.6 Å². The topological polar surface area (TPSA) is 72.8 Å². The number of ether oxygens (including phenoxy) is 2. The molecule has 40 heavy (non-hydrogen) atoms. The van der Waals surface area contributed by atoms with Crippen LogP contribution in [0.2, 0.25) is 0 Å². The van der Waals surface area contributed by atoms with Crippen molar-refractivity contribution in [1.82, 2.24) is 0 Å². The number of unbranched alkanes of at least 4 members (excludes halogenated alkanes) is 21. The van der Waals surface area contributed by atoms with Gasteiger partial charge >= 0.3 is 11.9 Å². The van der Waals surface area contributed by atoms with Crippen molar-refractivity contribution >= 4 is 11.9 Å². The van der Waals surface area contributed by atoms with E-state index in [1.165, 1.54) is 109 Å². The number of carbonyl (C=O) groups is 2. The minimum atomic E-state index is -0.765. The standard InChI is InChI=1S/C35H66O5/c1-3-5-7-9-11-13-15-16-17-18-20-21-23-25-27-29-34(37)39-32-33(31-36)40-35(38)30-28-26-24-22-19-14-12-10-8-6-4-2/h16-17,33,36H,3-15,18-32H2,1-2H3/b17-16-/t33-/m0/s1. The maximum atomic E-state index is 12.1. The molecule has 0 heterocycles. The van der Waals surface area contributed by atoms with Gasteiger partial charge in [-0.1, -0.05) is 142 Å². The average Bonchev–Trinajstić information content (AvgIpc) is 2.96. The summed E-state index contributed by atoms with van der Waals surface area (Å²) in [4.78, 5) is 24.1. The third-order valence-corrected chi connectivity index (χ3v) is 7.56. The van der Waals surface area contributed by atoms with E-state index in [-0.39, 0.29) is 25.2 Å². The molecule has 5 nitrogen and oxygen atoms in total. The van der Waals surface area contributed by atoms with E-state index in [9.17, 15) is 14.7 Å². The molecular formula is C35H66O5. The Kier molecular flexibility index (Phi) is 31.1. The fourth-order valence-corrected chi connectivity index (χ4v) is 4.90. The Hall–Kier alpha value is -1.36. The van der Waals surface area contributed by atoms with E-state index in [1.54, 1.807) is 0 Å². The van der Waals surface area contributed by atoms with Gasteiger partial charge in [0.1, 0.15) is 6.61 Å². The van der Waals surface area contributed by atoms with Crippen LogP contribution in [-0.4, -0.2) is 36.4 Å². The van der Waals surface area contributed by atoms with E-state index in [0.29, 0.717) is 12.8 Å². The molecule has 0 radical (unpaired) electrons. The van der Waals surface area contributed by atoms with Crippen LogP contribution in [0.15, 0.2) is 12.2 Å². The van der Waals surface area contributed by atoms with E-state index >= 15 is 0 Å². The molecule has 0 aliphatic rings. The molecule has 0 aromatic carbocycles. The highest BCUT2D eigenvalue weighted by Crippen LogP contribution is 2.13. The zero-order valence-electron chi connectivity index (χ0n) is 26.6. The summed E-state index contributed by atoms with van der Waals surface area (Å²) >= 11 is 0. The smallest absolute Gasteiger partial charge is 0.306 e. The second-order valence-corrected chi connectivity index (χ2v) is 11.6. The Morgan fingerprint density at radius 3 is 1.35 bits per heavy atom. The fourth-order valence-electron chi connectivity index (χ4n) is 4.90. The number of hydrogen-bond acceptors (Lipinski definition) is 5. The minimum Gasteiger partial charge on any atom is -0.462 e. The van der Waals surface area contributed by atoms with Gasteiger partial charge in [-0.05, 0) is 38.5 Å². The Morgan fingerprint density at radius 1 is 0.550 bits per heavy atom. The predicted molar refractivity (Wildman–Crippen MR) is 168 cm³/mol. The van der Waals surface area contributed by atoms with Gasteiger partial charge in [-0.25, -0.2) is 0 Å². The Bertz CT molecular complexity index is 574. The quantitative estimate of drug-likeness (QED) is 0.0513. The van der Waals surface area contributed by atoms with E-state index in [4.69, 9.17) is 9.47 Å². The van der Waals surface area contributed by atoms with E-state index < -0.39 is 6.10 Å². The largest absolute Gasteiger partial charge is 0.462 e. The van der Waals surface area contributed by atoms with Crippen molar-refractivity contribution in [3.05, 3.63) is 12.2 Å². The molecule has 0 aromatic rings. The number of aliphatic hydroxyl groups is 1. The van der Waals surface area contributed by atoms with Gasteiger partial charge in [0.25, 0.3) is 0 Å². The molecule has 0 aliphatic heterocycles. The van der Waals surface area contributed by atoms with E-state index in [0.717, 1.165) is 44.9 Å². The summed E-state index contributed by atoms with van der Waals surface area (Å²) < 4.78 is 10.5. The third-order valence-electron chi connectivity index (χ3n) is 7.56. The maximum absolute atomic E-state index is 12.1. The molecule has 1 atom stereocenters. The lowest BCUT2D eigenvalue weighted by Gasteiger charge is -2.15. The molecule has 0 fully saturated rings. The monoisotopic (exact) mass is 566 g/mol. The first-order chi connectivity index (χ1) is 19.6. The van der Waals surface area contributed by atoms with Crippen molar-refractivity contribution in [2.45, 2.75) is 187 Å². The predicted octanol–water partition coefficient (Wildman–Crippen LogP) is 10.2. The van der Waals surface area contributed by atoms with Crippen LogP contribution in [0.5, 0.6) is 0 Å². The van der Waals surface area contributed by atoms with Crippen LogP contribution in [-0.2, 0) is 19.1 Å². The van der Waals surface area contributed by atoms with Crippen LogP contribution in [0, 0.1) is 0 Å². The van der Waals surface area contributed by atoms with Crippen LogP contribution >= 0.6 is 0 Å². The lowest BCUT2D eigenvalue weighted by atomic mass is 10.1. The molecule has 1 N–H and O–H groups in total. The molecule has 5 heteroatoms. The van der Waals surface area contributed by atoms with Crippen LogP contribution in [0.25, 0.3) is 0 Å². The second-order valence-electron chi connectivity index (χ2n) is 11.6. The van der Waals surface area contributed by atoms with Gasteiger partial charge in [-0.2, -0.15) is 0 Å². The molecule has 0 aliphatic carbocycles. The van der Waals surface area contributed by atoms with Crippen molar-refractivity contribution in [3.8, 4) is 0 Å². The summed E-state index contributed by atoms with van der Waals surface area (Å²) in [5, 5.41) is 9.49. The van der Waals surface area contributed by atoms with Crippen molar-refractivity contribution < 1.29 is 24.2 Å². The molecule has 0 amide bonds. The highest BCUT2D eigenvalue weighted by atomic mass is 16.6. The lowest BCUT2D eigenvalue weighted by Crippen LogP contribution is -2.28. The first-order valence-electron chi connectivity index (χ1n) is 17.2. The third kappa shape index (κ3) is 29.6. The maximum Gasteiger partial charge on any atom is 0.306 e. The number of carbonyl (C=O) groups excluding carboxylic acids is 2. The van der Waals surface area contributed by atoms with Gasteiger partial charge in [-0.15, -0.1) is 0 Å². The van der Waals surface area contributed by atoms with Gasteiger partial charge in [0.05, 0.1) is 6.61 Å². The van der Waals surface area contributed by atoms with E-state index in [2.05, 4.69) is 26.0 Å². The van der Waals surface area contributed by atoms with Crippen LogP contribution in [0.3, 0.4) is 0 Å². The lowest BCUT2D eigenvalue weighted by molar-refractivity contribution is -0.161. The number of rotatable bonds is 31. The zero-order valence-corrected chi connectivity index (χ0v) is 26.6. The molecule has 0 aromatic heterocycles.